The normalized spacial score (nSPS) is 14.5. The van der Waals surface area contributed by atoms with Gasteiger partial charge in [-0.3, -0.25) is 9.78 Å². The van der Waals surface area contributed by atoms with E-state index in [2.05, 4.69) is 10.3 Å². The summed E-state index contributed by atoms with van der Waals surface area (Å²) in [6.45, 7) is 1.95. The standard InChI is InChI=1S/C25H20F4N2O3/c1-2-16-5-3-14(13-30-16)18-7-6-17(12-19(18)22(32)33)31-23(34)24(9-10-24)20-8-4-15(11-21(20)26)25(27,28)29/h3-8,11-13H,2,9-10H2,1H3,(H,31,34)(H,32,33). The number of hydrogen-bond acceptors (Lipinski definition) is 3. The Morgan fingerprint density at radius 3 is 2.35 bits per heavy atom. The minimum absolute atomic E-state index is 0.0607. The maximum atomic E-state index is 14.5. The molecule has 1 saturated carbocycles. The summed E-state index contributed by atoms with van der Waals surface area (Å²) in [6.07, 6.45) is -1.86. The molecule has 2 N–H and O–H groups in total. The van der Waals surface area contributed by atoms with Crippen molar-refractivity contribution in [2.75, 3.05) is 5.32 Å². The predicted molar refractivity (Wildman–Crippen MR) is 117 cm³/mol. The zero-order valence-electron chi connectivity index (χ0n) is 18.0. The molecule has 1 amide bonds. The van der Waals surface area contributed by atoms with Crippen molar-refractivity contribution in [2.24, 2.45) is 0 Å². The van der Waals surface area contributed by atoms with E-state index in [9.17, 15) is 32.3 Å². The molecule has 34 heavy (non-hydrogen) atoms. The van der Waals surface area contributed by atoms with Crippen LogP contribution >= 0.6 is 0 Å². The number of amides is 1. The van der Waals surface area contributed by atoms with Gasteiger partial charge in [-0.05, 0) is 55.2 Å². The Morgan fingerprint density at radius 2 is 1.82 bits per heavy atom. The SMILES string of the molecule is CCc1ccc(-c2ccc(NC(=O)C3(c4ccc(C(F)(F)F)cc4F)CC3)cc2C(=O)O)cn1. The van der Waals surface area contributed by atoms with Crippen LogP contribution in [0.15, 0.2) is 54.7 Å². The molecule has 0 bridgehead atoms. The van der Waals surface area contributed by atoms with E-state index in [4.69, 9.17) is 0 Å². The molecule has 0 saturated heterocycles. The average Bonchev–Trinajstić information content (AvgIpc) is 3.60. The zero-order chi connectivity index (χ0) is 24.7. The lowest BCUT2D eigenvalue weighted by Gasteiger charge is -2.18. The van der Waals surface area contributed by atoms with Crippen LogP contribution in [0.4, 0.5) is 23.2 Å². The van der Waals surface area contributed by atoms with Crippen LogP contribution in [0.1, 0.15) is 46.9 Å². The Balaban J connectivity index is 1.61. The Labute approximate surface area is 192 Å². The van der Waals surface area contributed by atoms with Gasteiger partial charge in [-0.15, -0.1) is 0 Å². The van der Waals surface area contributed by atoms with Crippen LogP contribution in [0, 0.1) is 5.82 Å². The quantitative estimate of drug-likeness (QED) is 0.442. The summed E-state index contributed by atoms with van der Waals surface area (Å²) in [7, 11) is 0. The van der Waals surface area contributed by atoms with Crippen molar-refractivity contribution < 1.29 is 32.3 Å². The molecule has 0 atom stereocenters. The number of aromatic nitrogens is 1. The first-order valence-corrected chi connectivity index (χ1v) is 10.6. The minimum Gasteiger partial charge on any atom is -0.478 e. The van der Waals surface area contributed by atoms with Gasteiger partial charge in [-0.2, -0.15) is 13.2 Å². The Hall–Kier alpha value is -3.75. The lowest BCUT2D eigenvalue weighted by atomic mass is 9.93. The second-order valence-corrected chi connectivity index (χ2v) is 8.19. The summed E-state index contributed by atoms with van der Waals surface area (Å²) in [5.41, 5.74) is -0.556. The van der Waals surface area contributed by atoms with Gasteiger partial charge >= 0.3 is 12.1 Å². The summed E-state index contributed by atoms with van der Waals surface area (Å²) in [4.78, 5) is 29.1. The molecule has 1 fully saturated rings. The summed E-state index contributed by atoms with van der Waals surface area (Å²) < 4.78 is 53.1. The van der Waals surface area contributed by atoms with Gasteiger partial charge in [0.05, 0.1) is 16.5 Å². The number of carbonyl (C=O) groups excluding carboxylic acids is 1. The molecule has 9 heteroatoms. The molecule has 3 aromatic rings. The number of hydrogen-bond donors (Lipinski definition) is 2. The highest BCUT2D eigenvalue weighted by atomic mass is 19.4. The second-order valence-electron chi connectivity index (χ2n) is 8.19. The van der Waals surface area contributed by atoms with Crippen LogP contribution in [0.5, 0.6) is 0 Å². The van der Waals surface area contributed by atoms with Crippen LogP contribution in [-0.4, -0.2) is 22.0 Å². The Morgan fingerprint density at radius 1 is 1.09 bits per heavy atom. The number of carbonyl (C=O) groups is 2. The molecule has 1 heterocycles. The van der Waals surface area contributed by atoms with Gasteiger partial charge in [0, 0.05) is 28.7 Å². The highest BCUT2D eigenvalue weighted by molar-refractivity contribution is 6.03. The van der Waals surface area contributed by atoms with Gasteiger partial charge in [-0.25, -0.2) is 9.18 Å². The van der Waals surface area contributed by atoms with Crippen molar-refractivity contribution in [2.45, 2.75) is 37.8 Å². The lowest BCUT2D eigenvalue weighted by Crippen LogP contribution is -2.29. The van der Waals surface area contributed by atoms with Gasteiger partial charge in [0.15, 0.2) is 0 Å². The fraction of sp³-hybridized carbons (Fsp3) is 0.240. The number of benzene rings is 2. The summed E-state index contributed by atoms with van der Waals surface area (Å²) in [5, 5.41) is 12.3. The molecule has 5 nitrogen and oxygen atoms in total. The number of alkyl halides is 3. The van der Waals surface area contributed by atoms with Gasteiger partial charge in [-0.1, -0.05) is 25.1 Å². The van der Waals surface area contributed by atoms with Crippen LogP contribution in [0.25, 0.3) is 11.1 Å². The third-order valence-corrected chi connectivity index (χ3v) is 6.00. The number of aromatic carboxylic acids is 1. The first kappa shape index (κ1) is 23.4. The van der Waals surface area contributed by atoms with Crippen LogP contribution in [-0.2, 0) is 22.8 Å². The average molecular weight is 472 g/mol. The molecule has 176 valence electrons. The predicted octanol–water partition coefficient (Wildman–Crippen LogP) is 5.84. The number of carboxylic acid groups (broad SMARTS) is 1. The van der Waals surface area contributed by atoms with E-state index in [0.717, 1.165) is 24.2 Å². The smallest absolute Gasteiger partial charge is 0.416 e. The molecule has 0 spiro atoms. The molecular formula is C25H20F4N2O3. The number of aryl methyl sites for hydroxylation is 1. The summed E-state index contributed by atoms with van der Waals surface area (Å²) in [5.74, 6) is -2.92. The number of pyridine rings is 1. The highest BCUT2D eigenvalue weighted by Crippen LogP contribution is 2.50. The van der Waals surface area contributed by atoms with E-state index in [1.165, 1.54) is 12.1 Å². The van der Waals surface area contributed by atoms with Crippen molar-refractivity contribution in [3.63, 3.8) is 0 Å². The van der Waals surface area contributed by atoms with Gasteiger partial charge in [0.1, 0.15) is 5.82 Å². The second kappa shape index (κ2) is 8.55. The summed E-state index contributed by atoms with van der Waals surface area (Å²) >= 11 is 0. The van der Waals surface area contributed by atoms with Crippen molar-refractivity contribution in [3.8, 4) is 11.1 Å². The molecule has 4 rings (SSSR count). The van der Waals surface area contributed by atoms with Crippen molar-refractivity contribution >= 4 is 17.6 Å². The molecule has 1 aromatic heterocycles. The third-order valence-electron chi connectivity index (χ3n) is 6.00. The van der Waals surface area contributed by atoms with Crippen molar-refractivity contribution in [1.82, 2.24) is 4.98 Å². The van der Waals surface area contributed by atoms with Crippen molar-refractivity contribution in [1.29, 1.82) is 0 Å². The number of halogens is 4. The number of nitrogens with one attached hydrogen (secondary N) is 1. The number of nitrogens with zero attached hydrogens (tertiary/aromatic N) is 1. The zero-order valence-corrected chi connectivity index (χ0v) is 18.0. The van der Waals surface area contributed by atoms with Gasteiger partial charge in [0.25, 0.3) is 0 Å². The maximum absolute atomic E-state index is 14.5. The van der Waals surface area contributed by atoms with Crippen LogP contribution < -0.4 is 5.32 Å². The fourth-order valence-corrected chi connectivity index (χ4v) is 3.92. The number of carboxylic acids is 1. The third kappa shape index (κ3) is 4.37. The minimum atomic E-state index is -4.69. The monoisotopic (exact) mass is 472 g/mol. The van der Waals surface area contributed by atoms with Crippen LogP contribution in [0.2, 0.25) is 0 Å². The molecular weight excluding hydrogens is 452 g/mol. The van der Waals surface area contributed by atoms with E-state index >= 15 is 0 Å². The largest absolute Gasteiger partial charge is 0.478 e. The Kier molecular flexibility index (Phi) is 5.89. The molecule has 1 aliphatic carbocycles. The van der Waals surface area contributed by atoms with E-state index < -0.39 is 34.8 Å². The molecule has 1 aliphatic rings. The van der Waals surface area contributed by atoms with Crippen LogP contribution in [0.3, 0.4) is 0 Å². The first-order valence-electron chi connectivity index (χ1n) is 10.6. The van der Waals surface area contributed by atoms with E-state index in [0.29, 0.717) is 17.2 Å². The molecule has 0 unspecified atom stereocenters. The molecule has 0 radical (unpaired) electrons. The number of anilines is 1. The highest BCUT2D eigenvalue weighted by Gasteiger charge is 2.53. The fourth-order valence-electron chi connectivity index (χ4n) is 3.92. The topological polar surface area (TPSA) is 79.3 Å². The van der Waals surface area contributed by atoms with Crippen molar-refractivity contribution in [3.05, 3.63) is 82.9 Å². The van der Waals surface area contributed by atoms with E-state index in [1.54, 1.807) is 24.4 Å². The summed E-state index contributed by atoms with van der Waals surface area (Å²) in [6, 6.07) is 10.0. The lowest BCUT2D eigenvalue weighted by molar-refractivity contribution is -0.137. The Bertz CT molecular complexity index is 1270. The van der Waals surface area contributed by atoms with Gasteiger partial charge in [0.2, 0.25) is 5.91 Å². The molecule has 0 aliphatic heterocycles. The first-order chi connectivity index (χ1) is 16.0. The van der Waals surface area contributed by atoms with Gasteiger partial charge < -0.3 is 10.4 Å². The molecule has 2 aromatic carbocycles. The number of rotatable bonds is 6. The van der Waals surface area contributed by atoms with E-state index in [1.807, 2.05) is 6.92 Å². The maximum Gasteiger partial charge on any atom is 0.416 e. The van der Waals surface area contributed by atoms with E-state index in [-0.39, 0.29) is 29.7 Å².